The highest BCUT2D eigenvalue weighted by molar-refractivity contribution is 5.94. The lowest BCUT2D eigenvalue weighted by Crippen LogP contribution is -2.45. The van der Waals surface area contributed by atoms with Gasteiger partial charge in [0.1, 0.15) is 17.5 Å². The molecule has 1 atom stereocenters. The van der Waals surface area contributed by atoms with E-state index in [2.05, 4.69) is 10.6 Å². The van der Waals surface area contributed by atoms with Crippen LogP contribution in [0.2, 0.25) is 0 Å². The van der Waals surface area contributed by atoms with Gasteiger partial charge in [0.2, 0.25) is 0 Å². The Morgan fingerprint density at radius 1 is 1.00 bits per heavy atom. The summed E-state index contributed by atoms with van der Waals surface area (Å²) in [6.45, 7) is 0. The number of methoxy groups -OCH3 is 3. The molecule has 0 saturated carbocycles. The summed E-state index contributed by atoms with van der Waals surface area (Å²) >= 11 is 0. The van der Waals surface area contributed by atoms with Crippen molar-refractivity contribution in [2.75, 3.05) is 26.6 Å². The predicted octanol–water partition coefficient (Wildman–Crippen LogP) is 2.61. The molecule has 0 aromatic heterocycles. The number of carbonyl (C=O) groups is 2. The Kier molecular flexibility index (Phi) is 6.84. The molecule has 0 radical (unpaired) electrons. The van der Waals surface area contributed by atoms with E-state index in [0.717, 1.165) is 5.56 Å². The summed E-state index contributed by atoms with van der Waals surface area (Å²) in [5.74, 6) is 0.521. The minimum absolute atomic E-state index is 0.320. The fraction of sp³-hybridized carbons (Fsp3) is 0.263. The second kappa shape index (κ2) is 9.31. The Hall–Kier alpha value is -3.22. The van der Waals surface area contributed by atoms with Crippen molar-refractivity contribution < 1.29 is 23.8 Å². The van der Waals surface area contributed by atoms with Gasteiger partial charge in [0, 0.05) is 12.5 Å². The van der Waals surface area contributed by atoms with E-state index in [1.165, 1.54) is 14.2 Å². The van der Waals surface area contributed by atoms with E-state index in [4.69, 9.17) is 14.2 Å². The summed E-state index contributed by atoms with van der Waals surface area (Å²) < 4.78 is 15.2. The van der Waals surface area contributed by atoms with Gasteiger partial charge in [-0.1, -0.05) is 30.3 Å². The molecule has 0 heterocycles. The number of nitrogens with one attached hydrogen (secondary N) is 2. The third-order valence-electron chi connectivity index (χ3n) is 3.73. The minimum Gasteiger partial charge on any atom is -0.497 e. The first-order valence-electron chi connectivity index (χ1n) is 7.98. The lowest BCUT2D eigenvalue weighted by molar-refractivity contribution is -0.142. The summed E-state index contributed by atoms with van der Waals surface area (Å²) in [4.78, 5) is 24.3. The molecular formula is C19H22N2O5. The number of anilines is 1. The van der Waals surface area contributed by atoms with Crippen molar-refractivity contribution in [3.63, 3.8) is 0 Å². The van der Waals surface area contributed by atoms with Crippen LogP contribution in [0.1, 0.15) is 5.56 Å². The van der Waals surface area contributed by atoms with Gasteiger partial charge in [0.05, 0.1) is 27.0 Å². The van der Waals surface area contributed by atoms with E-state index < -0.39 is 18.0 Å². The number of esters is 1. The van der Waals surface area contributed by atoms with Crippen LogP contribution >= 0.6 is 0 Å². The summed E-state index contributed by atoms with van der Waals surface area (Å²) in [6, 6.07) is 13.0. The van der Waals surface area contributed by atoms with Gasteiger partial charge in [-0.25, -0.2) is 9.59 Å². The second-order valence-corrected chi connectivity index (χ2v) is 5.43. The van der Waals surface area contributed by atoms with Gasteiger partial charge in [0.15, 0.2) is 0 Å². The normalized spacial score (nSPS) is 11.2. The largest absolute Gasteiger partial charge is 0.497 e. The third-order valence-corrected chi connectivity index (χ3v) is 3.73. The Morgan fingerprint density at radius 3 is 2.35 bits per heavy atom. The number of hydrogen-bond acceptors (Lipinski definition) is 5. The zero-order valence-electron chi connectivity index (χ0n) is 14.9. The van der Waals surface area contributed by atoms with Crippen molar-refractivity contribution in [1.82, 2.24) is 5.32 Å². The standard InChI is InChI=1S/C19H22N2O5/c1-24-14-9-10-15(17(12-14)25-2)20-19(23)21-16(18(22)26-3)11-13-7-5-4-6-8-13/h4-10,12,16H,11H2,1-3H3,(H2,20,21,23). The van der Waals surface area contributed by atoms with Crippen LogP contribution < -0.4 is 20.1 Å². The quantitative estimate of drug-likeness (QED) is 0.743. The number of carbonyl (C=O) groups excluding carboxylic acids is 2. The highest BCUT2D eigenvalue weighted by atomic mass is 16.5. The maximum absolute atomic E-state index is 12.3. The van der Waals surface area contributed by atoms with Crippen LogP contribution in [0.25, 0.3) is 0 Å². The van der Waals surface area contributed by atoms with Gasteiger partial charge >= 0.3 is 12.0 Å². The summed E-state index contributed by atoms with van der Waals surface area (Å²) in [7, 11) is 4.32. The van der Waals surface area contributed by atoms with Crippen molar-refractivity contribution >= 4 is 17.7 Å². The average molecular weight is 358 g/mol. The van der Waals surface area contributed by atoms with E-state index in [9.17, 15) is 9.59 Å². The molecule has 0 spiro atoms. The van der Waals surface area contributed by atoms with E-state index >= 15 is 0 Å². The van der Waals surface area contributed by atoms with E-state index in [-0.39, 0.29) is 0 Å². The molecule has 2 rings (SSSR count). The first-order chi connectivity index (χ1) is 12.6. The SMILES string of the molecule is COC(=O)C(Cc1ccccc1)NC(=O)Nc1ccc(OC)cc1OC. The molecule has 0 aliphatic heterocycles. The lowest BCUT2D eigenvalue weighted by atomic mass is 10.1. The minimum atomic E-state index is -0.813. The summed E-state index contributed by atoms with van der Waals surface area (Å²) in [5, 5.41) is 5.30. The summed E-state index contributed by atoms with van der Waals surface area (Å²) in [6.07, 6.45) is 0.320. The molecule has 2 amide bonds. The average Bonchev–Trinajstić information content (AvgIpc) is 2.67. The Labute approximate surface area is 152 Å². The molecule has 0 aliphatic rings. The van der Waals surface area contributed by atoms with Gasteiger partial charge in [-0.05, 0) is 17.7 Å². The van der Waals surface area contributed by atoms with Crippen LogP contribution in [0.5, 0.6) is 11.5 Å². The molecular weight excluding hydrogens is 336 g/mol. The fourth-order valence-electron chi connectivity index (χ4n) is 2.40. The molecule has 26 heavy (non-hydrogen) atoms. The topological polar surface area (TPSA) is 85.9 Å². The molecule has 0 fully saturated rings. The number of hydrogen-bond donors (Lipinski definition) is 2. The molecule has 138 valence electrons. The maximum Gasteiger partial charge on any atom is 0.328 e. The van der Waals surface area contributed by atoms with Crippen molar-refractivity contribution in [3.05, 3.63) is 54.1 Å². The van der Waals surface area contributed by atoms with Crippen molar-refractivity contribution in [2.45, 2.75) is 12.5 Å². The third kappa shape index (κ3) is 5.14. The number of urea groups is 1. The van der Waals surface area contributed by atoms with Gasteiger partial charge in [-0.3, -0.25) is 0 Å². The highest BCUT2D eigenvalue weighted by Crippen LogP contribution is 2.28. The molecule has 7 nitrogen and oxygen atoms in total. The highest BCUT2D eigenvalue weighted by Gasteiger charge is 2.22. The van der Waals surface area contributed by atoms with Gasteiger partial charge < -0.3 is 24.8 Å². The van der Waals surface area contributed by atoms with Crippen molar-refractivity contribution in [3.8, 4) is 11.5 Å². The molecule has 1 unspecified atom stereocenters. The second-order valence-electron chi connectivity index (χ2n) is 5.43. The first kappa shape index (κ1) is 19.1. The van der Waals surface area contributed by atoms with Crippen LogP contribution in [0.3, 0.4) is 0 Å². The Bertz CT molecular complexity index is 749. The number of amides is 2. The van der Waals surface area contributed by atoms with E-state index in [0.29, 0.717) is 23.6 Å². The molecule has 0 aliphatic carbocycles. The maximum atomic E-state index is 12.3. The van der Waals surface area contributed by atoms with Gasteiger partial charge in [-0.2, -0.15) is 0 Å². The smallest absolute Gasteiger partial charge is 0.328 e. The molecule has 0 bridgehead atoms. The van der Waals surface area contributed by atoms with Crippen LogP contribution in [0.15, 0.2) is 48.5 Å². The zero-order chi connectivity index (χ0) is 18.9. The van der Waals surface area contributed by atoms with Crippen molar-refractivity contribution in [1.29, 1.82) is 0 Å². The van der Waals surface area contributed by atoms with Crippen LogP contribution in [0, 0.1) is 0 Å². The monoisotopic (exact) mass is 358 g/mol. The fourth-order valence-corrected chi connectivity index (χ4v) is 2.40. The Morgan fingerprint density at radius 2 is 1.73 bits per heavy atom. The first-order valence-corrected chi connectivity index (χ1v) is 7.98. The molecule has 2 aromatic rings. The van der Waals surface area contributed by atoms with Crippen LogP contribution in [-0.4, -0.2) is 39.4 Å². The van der Waals surface area contributed by atoms with Crippen LogP contribution in [0.4, 0.5) is 10.5 Å². The predicted molar refractivity (Wildman–Crippen MR) is 97.7 cm³/mol. The number of rotatable bonds is 7. The lowest BCUT2D eigenvalue weighted by Gasteiger charge is -2.18. The Balaban J connectivity index is 2.08. The molecule has 2 N–H and O–H groups in total. The van der Waals surface area contributed by atoms with Crippen molar-refractivity contribution in [2.24, 2.45) is 0 Å². The van der Waals surface area contributed by atoms with Gasteiger partial charge in [-0.15, -0.1) is 0 Å². The molecule has 0 saturated heterocycles. The summed E-state index contributed by atoms with van der Waals surface area (Å²) in [5.41, 5.74) is 1.36. The zero-order valence-corrected chi connectivity index (χ0v) is 14.9. The van der Waals surface area contributed by atoms with E-state index in [1.807, 2.05) is 30.3 Å². The van der Waals surface area contributed by atoms with Crippen LogP contribution in [-0.2, 0) is 16.0 Å². The molecule has 2 aromatic carbocycles. The molecule has 7 heteroatoms. The van der Waals surface area contributed by atoms with E-state index in [1.54, 1.807) is 25.3 Å². The van der Waals surface area contributed by atoms with Gasteiger partial charge in [0.25, 0.3) is 0 Å². The number of ether oxygens (including phenoxy) is 3. The number of benzene rings is 2.